The second kappa shape index (κ2) is 8.92. The van der Waals surface area contributed by atoms with Gasteiger partial charge in [0, 0.05) is 11.4 Å². The fraction of sp³-hybridized carbons (Fsp3) is 0.409. The van der Waals surface area contributed by atoms with E-state index >= 15 is 0 Å². The molecule has 0 fully saturated rings. The van der Waals surface area contributed by atoms with Crippen molar-refractivity contribution < 1.29 is 0 Å². The molecule has 3 heterocycles. The molecule has 1 aliphatic carbocycles. The third-order valence-corrected chi connectivity index (χ3v) is 7.80. The van der Waals surface area contributed by atoms with Crippen LogP contribution in [0.25, 0.3) is 15.9 Å². The maximum Gasteiger partial charge on any atom is 0.263 e. The maximum atomic E-state index is 13.5. The van der Waals surface area contributed by atoms with Gasteiger partial charge in [0.15, 0.2) is 11.0 Å². The van der Waals surface area contributed by atoms with E-state index in [-0.39, 0.29) is 5.56 Å². The molecule has 0 aliphatic heterocycles. The number of nitrogens with zero attached hydrogens (tertiary/aromatic N) is 6. The Bertz CT molecular complexity index is 1260. The lowest BCUT2D eigenvalue weighted by molar-refractivity contribution is 0.542. The van der Waals surface area contributed by atoms with E-state index in [1.54, 1.807) is 16.0 Å². The molecule has 0 spiro atoms. The van der Waals surface area contributed by atoms with Crippen molar-refractivity contribution in [2.75, 3.05) is 0 Å². The molecule has 5 rings (SSSR count). The topological polar surface area (TPSA) is 78.5 Å². The zero-order chi connectivity index (χ0) is 21.2. The van der Waals surface area contributed by atoms with E-state index in [1.165, 1.54) is 22.2 Å². The molecule has 1 aromatic carbocycles. The van der Waals surface area contributed by atoms with E-state index in [1.807, 2.05) is 34.9 Å². The van der Waals surface area contributed by atoms with Gasteiger partial charge in [-0.15, -0.1) is 16.4 Å². The highest BCUT2D eigenvalue weighted by Gasteiger charge is 2.23. The number of para-hydroxylation sites is 1. The second-order valence-corrected chi connectivity index (χ2v) is 9.75. The summed E-state index contributed by atoms with van der Waals surface area (Å²) in [5.74, 6) is 1.28. The van der Waals surface area contributed by atoms with Crippen molar-refractivity contribution in [2.45, 2.75) is 62.9 Å². The van der Waals surface area contributed by atoms with Crippen LogP contribution in [0.1, 0.15) is 48.9 Å². The number of unbranched alkanes of at least 4 members (excludes halogenated alkanes) is 2. The van der Waals surface area contributed by atoms with Gasteiger partial charge in [-0.1, -0.05) is 49.7 Å². The van der Waals surface area contributed by atoms with Gasteiger partial charge in [0.2, 0.25) is 0 Å². The molecular weight excluding hydrogens is 428 g/mol. The number of aromatic nitrogens is 6. The summed E-state index contributed by atoms with van der Waals surface area (Å²) >= 11 is 3.23. The summed E-state index contributed by atoms with van der Waals surface area (Å²) in [5, 5.41) is 13.8. The van der Waals surface area contributed by atoms with Crippen LogP contribution in [0, 0.1) is 0 Å². The van der Waals surface area contributed by atoms with Crippen LogP contribution in [0.15, 0.2) is 40.3 Å². The Balaban J connectivity index is 1.49. The lowest BCUT2D eigenvalue weighted by atomic mass is 10.2. The normalized spacial score (nSPS) is 13.2. The summed E-state index contributed by atoms with van der Waals surface area (Å²) in [6, 6.07) is 9.84. The Labute approximate surface area is 188 Å². The SMILES string of the molecule is CCCCCn1c(SCc2nnnn2-c2ccccc2)nc2sc3c(c2c1=O)CCC3. The van der Waals surface area contributed by atoms with E-state index in [9.17, 15) is 4.79 Å². The minimum atomic E-state index is 0.116. The fourth-order valence-electron chi connectivity index (χ4n) is 4.08. The molecule has 0 amide bonds. The standard InChI is InChI=1S/C22H24N6OS2/c1-2-3-7-13-27-21(29)19-16-11-8-12-17(16)31-20(19)23-22(27)30-14-18-24-25-26-28(18)15-9-5-4-6-10-15/h4-6,9-10H,2-3,7-8,11-14H2,1H3. The molecule has 0 saturated heterocycles. The monoisotopic (exact) mass is 452 g/mol. The summed E-state index contributed by atoms with van der Waals surface area (Å²) in [6.45, 7) is 2.88. The van der Waals surface area contributed by atoms with Gasteiger partial charge in [0.05, 0.1) is 16.8 Å². The molecule has 9 heteroatoms. The average Bonchev–Trinajstić information content (AvgIpc) is 3.50. The van der Waals surface area contributed by atoms with Crippen LogP contribution in [0.5, 0.6) is 0 Å². The van der Waals surface area contributed by atoms with Crippen LogP contribution in [0.3, 0.4) is 0 Å². The van der Waals surface area contributed by atoms with Crippen LogP contribution in [0.4, 0.5) is 0 Å². The summed E-state index contributed by atoms with van der Waals surface area (Å²) in [4.78, 5) is 20.7. The Kier molecular flexibility index (Phi) is 5.87. The Morgan fingerprint density at radius 3 is 2.87 bits per heavy atom. The summed E-state index contributed by atoms with van der Waals surface area (Å²) in [6.07, 6.45) is 6.41. The predicted molar refractivity (Wildman–Crippen MR) is 124 cm³/mol. The van der Waals surface area contributed by atoms with Gasteiger partial charge in [-0.25, -0.2) is 4.98 Å². The molecule has 31 heavy (non-hydrogen) atoms. The maximum absolute atomic E-state index is 13.5. The highest BCUT2D eigenvalue weighted by molar-refractivity contribution is 7.98. The van der Waals surface area contributed by atoms with E-state index in [0.29, 0.717) is 12.3 Å². The summed E-state index contributed by atoms with van der Waals surface area (Å²) in [5.41, 5.74) is 2.28. The second-order valence-electron chi connectivity index (χ2n) is 7.73. The Morgan fingerprint density at radius 2 is 2.03 bits per heavy atom. The molecule has 0 unspecified atom stereocenters. The number of hydrogen-bond donors (Lipinski definition) is 0. The van der Waals surface area contributed by atoms with E-state index in [0.717, 1.165) is 65.4 Å². The molecule has 0 saturated carbocycles. The first kappa shape index (κ1) is 20.4. The molecular formula is C22H24N6OS2. The van der Waals surface area contributed by atoms with Crippen LogP contribution in [0.2, 0.25) is 0 Å². The molecule has 0 bridgehead atoms. The molecule has 4 aromatic rings. The number of fused-ring (bicyclic) bond motifs is 3. The van der Waals surface area contributed by atoms with Gasteiger partial charge >= 0.3 is 0 Å². The molecule has 0 N–H and O–H groups in total. The number of rotatable bonds is 8. The van der Waals surface area contributed by atoms with Crippen LogP contribution >= 0.6 is 23.1 Å². The lowest BCUT2D eigenvalue weighted by Gasteiger charge is -2.12. The molecule has 3 aromatic heterocycles. The lowest BCUT2D eigenvalue weighted by Crippen LogP contribution is -2.23. The van der Waals surface area contributed by atoms with Gasteiger partial charge in [-0.05, 0) is 53.8 Å². The van der Waals surface area contributed by atoms with Crippen molar-refractivity contribution in [1.29, 1.82) is 0 Å². The van der Waals surface area contributed by atoms with Gasteiger partial charge in [0.1, 0.15) is 4.83 Å². The zero-order valence-electron chi connectivity index (χ0n) is 17.5. The van der Waals surface area contributed by atoms with E-state index in [2.05, 4.69) is 22.4 Å². The number of benzene rings is 1. The highest BCUT2D eigenvalue weighted by atomic mass is 32.2. The Hall–Kier alpha value is -2.52. The molecule has 160 valence electrons. The number of thiophene rings is 1. The third-order valence-electron chi connectivity index (χ3n) is 5.64. The van der Waals surface area contributed by atoms with Crippen molar-refractivity contribution in [3.05, 3.63) is 57.0 Å². The fourth-order valence-corrected chi connectivity index (χ4v) is 6.31. The summed E-state index contributed by atoms with van der Waals surface area (Å²) < 4.78 is 3.62. The largest absolute Gasteiger partial charge is 0.287 e. The third kappa shape index (κ3) is 3.92. The van der Waals surface area contributed by atoms with Crippen LogP contribution in [-0.2, 0) is 25.1 Å². The minimum absolute atomic E-state index is 0.116. The van der Waals surface area contributed by atoms with Gasteiger partial charge in [0.25, 0.3) is 5.56 Å². The van der Waals surface area contributed by atoms with Crippen molar-refractivity contribution in [3.8, 4) is 5.69 Å². The number of aryl methyl sites for hydroxylation is 2. The number of hydrogen-bond acceptors (Lipinski definition) is 7. The van der Waals surface area contributed by atoms with Crippen LogP contribution in [-0.4, -0.2) is 29.8 Å². The van der Waals surface area contributed by atoms with E-state index in [4.69, 9.17) is 4.98 Å². The number of thioether (sulfide) groups is 1. The van der Waals surface area contributed by atoms with Crippen molar-refractivity contribution in [1.82, 2.24) is 29.8 Å². The first-order chi connectivity index (χ1) is 15.3. The zero-order valence-corrected chi connectivity index (χ0v) is 19.1. The van der Waals surface area contributed by atoms with Crippen LogP contribution < -0.4 is 5.56 Å². The van der Waals surface area contributed by atoms with Gasteiger partial charge in [-0.3, -0.25) is 9.36 Å². The molecule has 1 aliphatic rings. The highest BCUT2D eigenvalue weighted by Crippen LogP contribution is 2.36. The summed E-state index contributed by atoms with van der Waals surface area (Å²) in [7, 11) is 0. The minimum Gasteiger partial charge on any atom is -0.287 e. The molecule has 0 radical (unpaired) electrons. The van der Waals surface area contributed by atoms with Crippen molar-refractivity contribution in [2.24, 2.45) is 0 Å². The molecule has 7 nitrogen and oxygen atoms in total. The number of tetrazole rings is 1. The Morgan fingerprint density at radius 1 is 1.16 bits per heavy atom. The van der Waals surface area contributed by atoms with Gasteiger partial charge in [-0.2, -0.15) is 4.68 Å². The quantitative estimate of drug-likeness (QED) is 0.224. The first-order valence-electron chi connectivity index (χ1n) is 10.8. The van der Waals surface area contributed by atoms with Crippen molar-refractivity contribution >= 4 is 33.3 Å². The average molecular weight is 453 g/mol. The predicted octanol–water partition coefficient (Wildman–Crippen LogP) is 4.40. The molecule has 0 atom stereocenters. The first-order valence-corrected chi connectivity index (χ1v) is 12.6. The smallest absolute Gasteiger partial charge is 0.263 e. The van der Waals surface area contributed by atoms with Gasteiger partial charge < -0.3 is 0 Å². The van der Waals surface area contributed by atoms with E-state index < -0.39 is 0 Å². The van der Waals surface area contributed by atoms with Crippen molar-refractivity contribution in [3.63, 3.8) is 0 Å².